The van der Waals surface area contributed by atoms with Gasteiger partial charge in [-0.05, 0) is 12.5 Å². The first-order valence-electron chi connectivity index (χ1n) is 4.60. The quantitative estimate of drug-likeness (QED) is 0.576. The average molecular weight is 190 g/mol. The van der Waals surface area contributed by atoms with Gasteiger partial charge in [0.1, 0.15) is 5.71 Å². The molecule has 14 heavy (non-hydrogen) atoms. The second-order valence-corrected chi connectivity index (χ2v) is 2.50. The van der Waals surface area contributed by atoms with Crippen LogP contribution in [0.5, 0.6) is 0 Å². The van der Waals surface area contributed by atoms with E-state index >= 15 is 0 Å². The number of nitrogens with zero attached hydrogens (tertiary/aromatic N) is 2. The second kappa shape index (κ2) is 6.19. The van der Waals surface area contributed by atoms with Crippen LogP contribution >= 0.6 is 0 Å². The van der Waals surface area contributed by atoms with Crippen molar-refractivity contribution in [2.24, 2.45) is 4.99 Å². The van der Waals surface area contributed by atoms with Crippen molar-refractivity contribution in [3.8, 4) is 0 Å². The van der Waals surface area contributed by atoms with E-state index in [9.17, 15) is 4.79 Å². The molecule has 0 bridgehead atoms. The van der Waals surface area contributed by atoms with Gasteiger partial charge >= 0.3 is 0 Å². The smallest absolute Gasteiger partial charge is 0.260 e. The molecule has 1 aliphatic rings. The Morgan fingerprint density at radius 2 is 2.14 bits per heavy atom. The van der Waals surface area contributed by atoms with Crippen LogP contribution < -0.4 is 0 Å². The molecule has 0 aliphatic carbocycles. The molecule has 1 fully saturated rings. The zero-order chi connectivity index (χ0) is 11.1. The van der Waals surface area contributed by atoms with Crippen molar-refractivity contribution in [3.05, 3.63) is 24.4 Å². The van der Waals surface area contributed by atoms with Crippen molar-refractivity contribution in [2.75, 3.05) is 6.54 Å². The fourth-order valence-electron chi connectivity index (χ4n) is 0.935. The van der Waals surface area contributed by atoms with Gasteiger partial charge < -0.3 is 4.81 Å². The third-order valence-corrected chi connectivity index (χ3v) is 1.51. The van der Waals surface area contributed by atoms with Crippen LogP contribution in [-0.4, -0.2) is 31.0 Å². The zero-order valence-electron chi connectivity index (χ0n) is 8.95. The summed E-state index contributed by atoms with van der Waals surface area (Å²) in [5.74, 6) is -0.266. The van der Waals surface area contributed by atoms with Gasteiger partial charge in [0.25, 0.3) is 5.91 Å². The van der Waals surface area contributed by atoms with Crippen molar-refractivity contribution in [1.82, 2.24) is 4.81 Å². The van der Waals surface area contributed by atoms with Gasteiger partial charge in [-0.25, -0.2) is 0 Å². The van der Waals surface area contributed by atoms with Crippen LogP contribution in [0, 0.1) is 0 Å². The number of amides is 1. The molecular formula is C10H15BN2O. The van der Waals surface area contributed by atoms with E-state index in [2.05, 4.69) is 11.6 Å². The molecule has 1 aliphatic heterocycles. The van der Waals surface area contributed by atoms with Crippen molar-refractivity contribution in [2.45, 2.75) is 20.8 Å². The largest absolute Gasteiger partial charge is 0.387 e. The van der Waals surface area contributed by atoms with E-state index in [1.54, 1.807) is 12.3 Å². The highest BCUT2D eigenvalue weighted by Gasteiger charge is 2.26. The van der Waals surface area contributed by atoms with Crippen LogP contribution in [0.2, 0.25) is 0 Å². The maximum Gasteiger partial charge on any atom is 0.260 e. The third-order valence-electron chi connectivity index (χ3n) is 1.51. The van der Waals surface area contributed by atoms with Crippen molar-refractivity contribution >= 4 is 19.6 Å². The molecule has 0 N–H and O–H groups in total. The first kappa shape index (κ1) is 12.7. The molecule has 0 aromatic carbocycles. The summed E-state index contributed by atoms with van der Waals surface area (Å²) in [5, 5.41) is 0. The summed E-state index contributed by atoms with van der Waals surface area (Å²) in [7, 11) is 5.35. The van der Waals surface area contributed by atoms with Crippen LogP contribution in [0.15, 0.2) is 29.4 Å². The minimum atomic E-state index is -0.266. The number of allylic oxidation sites excluding steroid dienone is 1. The minimum Gasteiger partial charge on any atom is -0.387 e. The number of carbonyl (C=O) groups excluding carboxylic acids is 1. The van der Waals surface area contributed by atoms with E-state index < -0.39 is 0 Å². The van der Waals surface area contributed by atoms with E-state index in [1.807, 2.05) is 20.8 Å². The predicted octanol–water partition coefficient (Wildman–Crippen LogP) is 1.47. The molecular weight excluding hydrogens is 175 g/mol. The van der Waals surface area contributed by atoms with Crippen LogP contribution in [-0.2, 0) is 4.79 Å². The first-order chi connectivity index (χ1) is 6.66. The summed E-state index contributed by atoms with van der Waals surface area (Å²) in [5.41, 5.74) is 1.02. The summed E-state index contributed by atoms with van der Waals surface area (Å²) < 4.78 is 0. The standard InChI is InChI=1S/C8H9BN2O.C2H6/c1-3-4-10-7-6(2)5-11(9)8(7)12;1-2/h3-4H,2,5H2,1H3;1-2H3/b4-3-,10-7?;. The molecule has 1 amide bonds. The maximum atomic E-state index is 11.2. The molecule has 0 atom stereocenters. The molecule has 0 saturated carbocycles. The Balaban J connectivity index is 0.000000791. The molecule has 1 rings (SSSR count). The molecule has 1 saturated heterocycles. The Morgan fingerprint density at radius 3 is 2.50 bits per heavy atom. The predicted molar refractivity (Wildman–Crippen MR) is 60.2 cm³/mol. The van der Waals surface area contributed by atoms with Gasteiger partial charge in [-0.3, -0.25) is 9.79 Å². The topological polar surface area (TPSA) is 32.7 Å². The van der Waals surface area contributed by atoms with E-state index in [0.717, 1.165) is 4.81 Å². The molecule has 0 spiro atoms. The minimum absolute atomic E-state index is 0.266. The number of carbonyl (C=O) groups is 1. The second-order valence-electron chi connectivity index (χ2n) is 2.50. The van der Waals surface area contributed by atoms with E-state index in [4.69, 9.17) is 7.98 Å². The Labute approximate surface area is 86.6 Å². The van der Waals surface area contributed by atoms with E-state index in [-0.39, 0.29) is 5.91 Å². The maximum absolute atomic E-state index is 11.2. The van der Waals surface area contributed by atoms with Crippen molar-refractivity contribution in [3.63, 3.8) is 0 Å². The summed E-state index contributed by atoms with van der Waals surface area (Å²) in [6, 6.07) is 0. The number of aliphatic imine (C=N–C) groups is 1. The van der Waals surface area contributed by atoms with Crippen LogP contribution in [0.25, 0.3) is 0 Å². The molecule has 0 aromatic heterocycles. The van der Waals surface area contributed by atoms with Gasteiger partial charge in [0.05, 0.1) is 0 Å². The van der Waals surface area contributed by atoms with Gasteiger partial charge in [0.2, 0.25) is 7.98 Å². The highest BCUT2D eigenvalue weighted by molar-refractivity contribution is 6.51. The Hall–Kier alpha value is -1.32. The molecule has 74 valence electrons. The summed E-state index contributed by atoms with van der Waals surface area (Å²) >= 11 is 0. The Morgan fingerprint density at radius 1 is 1.57 bits per heavy atom. The lowest BCUT2D eigenvalue weighted by atomic mass is 10.2. The zero-order valence-corrected chi connectivity index (χ0v) is 8.95. The Bertz CT molecular complexity index is 282. The lowest BCUT2D eigenvalue weighted by molar-refractivity contribution is -0.118. The summed E-state index contributed by atoms with van der Waals surface area (Å²) in [6.45, 7) is 9.88. The first-order valence-corrected chi connectivity index (χ1v) is 4.60. The fourth-order valence-corrected chi connectivity index (χ4v) is 0.935. The summed E-state index contributed by atoms with van der Waals surface area (Å²) in [6.07, 6.45) is 3.30. The summed E-state index contributed by atoms with van der Waals surface area (Å²) in [4.78, 5) is 16.2. The van der Waals surface area contributed by atoms with Gasteiger partial charge in [-0.1, -0.05) is 26.5 Å². The molecule has 3 nitrogen and oxygen atoms in total. The lowest BCUT2D eigenvalue weighted by Gasteiger charge is -2.03. The number of hydrogen-bond donors (Lipinski definition) is 0. The highest BCUT2D eigenvalue weighted by atomic mass is 16.2. The van der Waals surface area contributed by atoms with Crippen LogP contribution in [0.3, 0.4) is 0 Å². The molecule has 1 heterocycles. The number of rotatable bonds is 1. The monoisotopic (exact) mass is 190 g/mol. The average Bonchev–Trinajstić information content (AvgIpc) is 2.43. The van der Waals surface area contributed by atoms with Gasteiger partial charge in [-0.15, -0.1) is 0 Å². The van der Waals surface area contributed by atoms with Gasteiger partial charge in [-0.2, -0.15) is 0 Å². The van der Waals surface area contributed by atoms with Crippen molar-refractivity contribution < 1.29 is 4.79 Å². The lowest BCUT2D eigenvalue weighted by Crippen LogP contribution is -2.23. The Kier molecular flexibility index (Phi) is 5.61. The third kappa shape index (κ3) is 2.87. The van der Waals surface area contributed by atoms with Crippen molar-refractivity contribution in [1.29, 1.82) is 0 Å². The molecule has 2 radical (unpaired) electrons. The number of hydrogen-bond acceptors (Lipinski definition) is 2. The molecule has 0 aromatic rings. The SMILES string of the molecule is CC.[B]N1CC(=C)C(=N/C=C\C)C1=O. The van der Waals surface area contributed by atoms with E-state index in [1.165, 1.54) is 0 Å². The highest BCUT2D eigenvalue weighted by Crippen LogP contribution is 2.10. The van der Waals surface area contributed by atoms with E-state index in [0.29, 0.717) is 17.8 Å². The van der Waals surface area contributed by atoms with Gasteiger partial charge in [0, 0.05) is 12.7 Å². The van der Waals surface area contributed by atoms with Gasteiger partial charge in [0.15, 0.2) is 0 Å². The van der Waals surface area contributed by atoms with Crippen LogP contribution in [0.1, 0.15) is 20.8 Å². The van der Waals surface area contributed by atoms with Crippen LogP contribution in [0.4, 0.5) is 0 Å². The molecule has 0 unspecified atom stereocenters. The molecule has 4 heteroatoms. The fraction of sp³-hybridized carbons (Fsp3) is 0.400. The normalized spacial score (nSPS) is 19.1.